The summed E-state index contributed by atoms with van der Waals surface area (Å²) in [7, 11) is 3.64. The van der Waals surface area contributed by atoms with E-state index in [4.69, 9.17) is 4.74 Å². The Morgan fingerprint density at radius 2 is 2.00 bits per heavy atom. The molecule has 0 amide bonds. The van der Waals surface area contributed by atoms with Gasteiger partial charge in [-0.2, -0.15) is 5.10 Å². The van der Waals surface area contributed by atoms with E-state index in [0.29, 0.717) is 6.04 Å². The number of benzene rings is 1. The number of methoxy groups -OCH3 is 1. The largest absolute Gasteiger partial charge is 0.496 e. The van der Waals surface area contributed by atoms with Gasteiger partial charge in [-0.3, -0.25) is 4.68 Å². The smallest absolute Gasteiger partial charge is 0.124 e. The first kappa shape index (κ1) is 15.1. The van der Waals surface area contributed by atoms with E-state index in [1.54, 1.807) is 7.11 Å². The van der Waals surface area contributed by atoms with Crippen LogP contribution < -0.4 is 10.1 Å². The maximum Gasteiger partial charge on any atom is 0.124 e. The molecule has 0 saturated heterocycles. The van der Waals surface area contributed by atoms with E-state index in [9.17, 15) is 0 Å². The maximum absolute atomic E-state index is 5.48. The van der Waals surface area contributed by atoms with Gasteiger partial charge in [-0.1, -0.05) is 18.2 Å². The summed E-state index contributed by atoms with van der Waals surface area (Å²) in [6, 6.07) is 8.36. The summed E-state index contributed by atoms with van der Waals surface area (Å²) in [5, 5.41) is 7.81. The Morgan fingerprint density at radius 1 is 1.30 bits per heavy atom. The number of aromatic nitrogens is 2. The molecule has 0 bridgehead atoms. The molecule has 4 nitrogen and oxygen atoms in total. The highest BCUT2D eigenvalue weighted by atomic mass is 79.9. The normalized spacial score (nSPS) is 12.7. The Bertz CT molecular complexity index is 580. The quantitative estimate of drug-likeness (QED) is 0.906. The van der Waals surface area contributed by atoms with Gasteiger partial charge in [-0.15, -0.1) is 0 Å². The Labute approximate surface area is 128 Å². The lowest BCUT2D eigenvalue weighted by molar-refractivity contribution is 0.401. The second kappa shape index (κ2) is 6.41. The summed E-state index contributed by atoms with van der Waals surface area (Å²) in [4.78, 5) is 0. The maximum atomic E-state index is 5.48. The van der Waals surface area contributed by atoms with Gasteiger partial charge < -0.3 is 10.1 Å². The fourth-order valence-corrected chi connectivity index (χ4v) is 2.88. The van der Waals surface area contributed by atoms with Crippen molar-refractivity contribution in [3.8, 4) is 5.75 Å². The van der Waals surface area contributed by atoms with E-state index in [1.165, 1.54) is 0 Å². The number of hydrogen-bond acceptors (Lipinski definition) is 3. The van der Waals surface area contributed by atoms with Crippen molar-refractivity contribution in [1.29, 1.82) is 0 Å². The zero-order valence-corrected chi connectivity index (χ0v) is 13.8. The van der Waals surface area contributed by atoms with Crippen molar-refractivity contribution in [2.45, 2.75) is 25.9 Å². The molecule has 0 spiro atoms. The molecular weight excluding hydrogens is 318 g/mol. The van der Waals surface area contributed by atoms with Crippen LogP contribution in [-0.2, 0) is 0 Å². The van der Waals surface area contributed by atoms with Gasteiger partial charge in [0, 0.05) is 11.6 Å². The molecule has 1 aromatic heterocycles. The molecule has 5 heteroatoms. The van der Waals surface area contributed by atoms with Gasteiger partial charge in [0.15, 0.2) is 0 Å². The number of para-hydroxylation sites is 1. The number of nitrogens with one attached hydrogen (secondary N) is 1. The SMILES string of the molecule is CNC(c1ccccc1OC)c1c(Br)cnn1C(C)C. The summed E-state index contributed by atoms with van der Waals surface area (Å²) in [5.74, 6) is 0.871. The monoisotopic (exact) mass is 337 g/mol. The van der Waals surface area contributed by atoms with Crippen LogP contribution in [0.15, 0.2) is 34.9 Å². The molecule has 0 aliphatic heterocycles. The first-order valence-electron chi connectivity index (χ1n) is 6.63. The highest BCUT2D eigenvalue weighted by Gasteiger charge is 2.24. The first-order chi connectivity index (χ1) is 9.60. The first-order valence-corrected chi connectivity index (χ1v) is 7.42. The van der Waals surface area contributed by atoms with E-state index >= 15 is 0 Å². The lowest BCUT2D eigenvalue weighted by Gasteiger charge is -2.22. The lowest BCUT2D eigenvalue weighted by atomic mass is 10.0. The predicted molar refractivity (Wildman–Crippen MR) is 84.2 cm³/mol. The number of ether oxygens (including phenoxy) is 1. The van der Waals surface area contributed by atoms with E-state index in [-0.39, 0.29) is 6.04 Å². The third-order valence-electron chi connectivity index (χ3n) is 3.29. The van der Waals surface area contributed by atoms with Crippen LogP contribution in [0, 0.1) is 0 Å². The molecule has 0 aliphatic carbocycles. The van der Waals surface area contributed by atoms with Crippen molar-refractivity contribution in [2.24, 2.45) is 0 Å². The van der Waals surface area contributed by atoms with Crippen LogP contribution in [0.2, 0.25) is 0 Å². The van der Waals surface area contributed by atoms with Crippen molar-refractivity contribution in [3.05, 3.63) is 46.2 Å². The third kappa shape index (κ3) is 2.74. The topological polar surface area (TPSA) is 39.1 Å². The second-order valence-corrected chi connectivity index (χ2v) is 5.73. The fraction of sp³-hybridized carbons (Fsp3) is 0.400. The van der Waals surface area contributed by atoms with Crippen LogP contribution in [0.1, 0.15) is 37.2 Å². The summed E-state index contributed by atoms with van der Waals surface area (Å²) >= 11 is 3.61. The number of rotatable bonds is 5. The van der Waals surface area contributed by atoms with Crippen LogP contribution in [0.5, 0.6) is 5.75 Å². The van der Waals surface area contributed by atoms with E-state index in [2.05, 4.69) is 46.3 Å². The molecule has 1 N–H and O–H groups in total. The van der Waals surface area contributed by atoms with Crippen molar-refractivity contribution in [1.82, 2.24) is 15.1 Å². The van der Waals surface area contributed by atoms with Crippen LogP contribution in [0.3, 0.4) is 0 Å². The Balaban J connectivity index is 2.55. The van der Waals surface area contributed by atoms with Gasteiger partial charge in [0.25, 0.3) is 0 Å². The minimum atomic E-state index is 0.0189. The molecule has 1 heterocycles. The third-order valence-corrected chi connectivity index (χ3v) is 3.90. The van der Waals surface area contributed by atoms with Gasteiger partial charge in [-0.25, -0.2) is 0 Å². The van der Waals surface area contributed by atoms with Crippen molar-refractivity contribution >= 4 is 15.9 Å². The molecule has 0 saturated carbocycles. The Hall–Kier alpha value is -1.33. The highest BCUT2D eigenvalue weighted by Crippen LogP contribution is 2.34. The zero-order chi connectivity index (χ0) is 14.7. The molecule has 2 aromatic rings. The minimum Gasteiger partial charge on any atom is -0.496 e. The standard InChI is InChI=1S/C15H20BrN3O/c1-10(2)19-15(12(16)9-18-19)14(17-3)11-7-5-6-8-13(11)20-4/h5-10,14,17H,1-4H3. The number of hydrogen-bond donors (Lipinski definition) is 1. The van der Waals surface area contributed by atoms with Crippen LogP contribution >= 0.6 is 15.9 Å². The van der Waals surface area contributed by atoms with E-state index in [0.717, 1.165) is 21.5 Å². The van der Waals surface area contributed by atoms with Crippen LogP contribution in [0.4, 0.5) is 0 Å². The Morgan fingerprint density at radius 3 is 2.60 bits per heavy atom. The van der Waals surface area contributed by atoms with Gasteiger partial charge in [0.05, 0.1) is 29.5 Å². The molecular formula is C15H20BrN3O. The average Bonchev–Trinajstić information content (AvgIpc) is 2.83. The lowest BCUT2D eigenvalue weighted by Crippen LogP contribution is -2.23. The number of nitrogens with zero attached hydrogens (tertiary/aromatic N) is 2. The molecule has 1 aromatic carbocycles. The summed E-state index contributed by atoms with van der Waals surface area (Å²) in [5.41, 5.74) is 2.20. The van der Waals surface area contributed by atoms with E-state index in [1.807, 2.05) is 36.1 Å². The van der Waals surface area contributed by atoms with Crippen molar-refractivity contribution in [3.63, 3.8) is 0 Å². The van der Waals surface area contributed by atoms with Crippen molar-refractivity contribution < 1.29 is 4.74 Å². The minimum absolute atomic E-state index is 0.0189. The molecule has 0 aliphatic rings. The van der Waals surface area contributed by atoms with Gasteiger partial charge in [0.1, 0.15) is 5.75 Å². The molecule has 20 heavy (non-hydrogen) atoms. The molecule has 0 radical (unpaired) electrons. The average molecular weight is 338 g/mol. The fourth-order valence-electron chi connectivity index (χ4n) is 2.38. The van der Waals surface area contributed by atoms with Gasteiger partial charge in [-0.05, 0) is 42.9 Å². The summed E-state index contributed by atoms with van der Waals surface area (Å²) in [6.45, 7) is 4.25. The molecule has 1 unspecified atom stereocenters. The van der Waals surface area contributed by atoms with Gasteiger partial charge >= 0.3 is 0 Å². The second-order valence-electron chi connectivity index (χ2n) is 4.88. The molecule has 108 valence electrons. The van der Waals surface area contributed by atoms with Crippen LogP contribution in [-0.4, -0.2) is 23.9 Å². The summed E-state index contributed by atoms with van der Waals surface area (Å²) < 4.78 is 8.50. The zero-order valence-electron chi connectivity index (χ0n) is 12.2. The molecule has 2 rings (SSSR count). The molecule has 0 fully saturated rings. The van der Waals surface area contributed by atoms with Gasteiger partial charge in [0.2, 0.25) is 0 Å². The molecule has 1 atom stereocenters. The highest BCUT2D eigenvalue weighted by molar-refractivity contribution is 9.10. The summed E-state index contributed by atoms with van der Waals surface area (Å²) in [6.07, 6.45) is 1.84. The number of halogens is 1. The Kier molecular flexibility index (Phi) is 4.83. The van der Waals surface area contributed by atoms with E-state index < -0.39 is 0 Å². The van der Waals surface area contributed by atoms with Crippen molar-refractivity contribution in [2.75, 3.05) is 14.2 Å². The van der Waals surface area contributed by atoms with Crippen LogP contribution in [0.25, 0.3) is 0 Å². The predicted octanol–water partition coefficient (Wildman–Crippen LogP) is 3.54.